The number of allylic oxidation sites excluding steroid dienone is 1. The maximum Gasteiger partial charge on any atom is 0.336 e. The lowest BCUT2D eigenvalue weighted by molar-refractivity contribution is -0.224. The third kappa shape index (κ3) is 3.43. The van der Waals surface area contributed by atoms with E-state index >= 15 is 0 Å². The number of carbonyl (C=O) groups is 1. The van der Waals surface area contributed by atoms with Crippen LogP contribution in [0.5, 0.6) is 0 Å². The molecule has 12 atom stereocenters. The average Bonchev–Trinajstić information content (AvgIpc) is 3.23. The van der Waals surface area contributed by atoms with Crippen LogP contribution in [0.2, 0.25) is 0 Å². The van der Waals surface area contributed by atoms with E-state index in [1.807, 2.05) is 13.0 Å². The van der Waals surface area contributed by atoms with Crippen molar-refractivity contribution in [3.63, 3.8) is 0 Å². The first kappa shape index (κ1) is 29.2. The van der Waals surface area contributed by atoms with Crippen LogP contribution in [0.4, 0.5) is 0 Å². The lowest BCUT2D eigenvalue weighted by atomic mass is 9.37. The number of methoxy groups -OCH3 is 1. The van der Waals surface area contributed by atoms with Crippen molar-refractivity contribution in [3.05, 3.63) is 59.2 Å². The number of hydrogen-bond acceptors (Lipinski definition) is 6. The zero-order valence-corrected chi connectivity index (χ0v) is 27.7. The van der Waals surface area contributed by atoms with Crippen molar-refractivity contribution in [2.75, 3.05) is 20.3 Å². The van der Waals surface area contributed by atoms with Crippen LogP contribution < -0.4 is 0 Å². The van der Waals surface area contributed by atoms with Gasteiger partial charge >= 0.3 is 5.97 Å². The number of carbonyl (C=O) groups excluding carboxylic acids is 1. The molecule has 6 heteroatoms. The highest BCUT2D eigenvalue weighted by Crippen LogP contribution is 2.91. The Hall–Kier alpha value is -1.99. The average molecular weight is 615 g/mol. The predicted octanol–water partition coefficient (Wildman–Crippen LogP) is 7.08. The zero-order valence-electron chi connectivity index (χ0n) is 27.7. The summed E-state index contributed by atoms with van der Waals surface area (Å²) < 4.78 is 24.5. The second kappa shape index (κ2) is 8.92. The van der Waals surface area contributed by atoms with Gasteiger partial charge in [0, 0.05) is 29.9 Å². The van der Waals surface area contributed by atoms with Crippen LogP contribution in [0.15, 0.2) is 53.6 Å². The lowest BCUT2D eigenvalue weighted by Crippen LogP contribution is -2.65. The molecule has 0 amide bonds. The molecule has 1 aromatic rings. The number of aliphatic hydroxyl groups is 1. The van der Waals surface area contributed by atoms with Gasteiger partial charge in [0.25, 0.3) is 0 Å². The molecular weight excluding hydrogens is 564 g/mol. The maximum atomic E-state index is 13.5. The number of aliphatic hydroxyl groups excluding tert-OH is 1. The molecular formula is C39H50O6. The van der Waals surface area contributed by atoms with Crippen LogP contribution in [0.1, 0.15) is 97.1 Å². The Bertz CT molecular complexity index is 1520. The van der Waals surface area contributed by atoms with E-state index < -0.39 is 11.4 Å². The number of hydrogen-bond donors (Lipinski definition) is 1. The molecule has 0 aromatic heterocycles. The van der Waals surface area contributed by atoms with Gasteiger partial charge in [-0.1, -0.05) is 62.8 Å². The summed E-state index contributed by atoms with van der Waals surface area (Å²) in [5.74, 6) is -0.203. The van der Waals surface area contributed by atoms with E-state index in [1.54, 1.807) is 7.11 Å². The molecule has 8 aliphatic rings. The molecule has 3 heterocycles. The minimum Gasteiger partial charge on any atom is -0.426 e. The molecule has 0 bridgehead atoms. The van der Waals surface area contributed by atoms with Gasteiger partial charge in [-0.15, -0.1) is 0 Å². The predicted molar refractivity (Wildman–Crippen MR) is 169 cm³/mol. The van der Waals surface area contributed by atoms with E-state index in [4.69, 9.17) is 18.9 Å². The first-order valence-corrected chi connectivity index (χ1v) is 17.6. The largest absolute Gasteiger partial charge is 0.426 e. The normalized spacial score (nSPS) is 54.3. The van der Waals surface area contributed by atoms with Crippen molar-refractivity contribution in [1.29, 1.82) is 0 Å². The monoisotopic (exact) mass is 614 g/mol. The molecule has 1 spiro atoms. The molecule has 2 saturated heterocycles. The van der Waals surface area contributed by atoms with Gasteiger partial charge in [-0.05, 0) is 104 Å². The second-order valence-electron chi connectivity index (χ2n) is 17.4. The fourth-order valence-corrected chi connectivity index (χ4v) is 13.5. The fraction of sp³-hybridized carbons (Fsp3) is 0.718. The van der Waals surface area contributed by atoms with Gasteiger partial charge in [0.1, 0.15) is 0 Å². The second-order valence-corrected chi connectivity index (χ2v) is 17.4. The van der Waals surface area contributed by atoms with Gasteiger partial charge in [0.05, 0.1) is 31.0 Å². The van der Waals surface area contributed by atoms with Crippen LogP contribution in [0.25, 0.3) is 0 Å². The summed E-state index contributed by atoms with van der Waals surface area (Å²) >= 11 is 0. The van der Waals surface area contributed by atoms with Crippen molar-refractivity contribution >= 4 is 5.97 Å². The molecule has 0 unspecified atom stereocenters. The number of esters is 1. The molecule has 5 aliphatic carbocycles. The molecule has 0 radical (unpaired) electrons. The SMILES string of the molecule is CO[C@@]1(C)CO[C@]2(C=C([C@@H]3CC[C@]45C[C@]34CC[C@@H]3[C@@]4(C)CC=C6C[C@@H](c7ccccc7)OC[C@]6(C)[C@@H]4C[C@@H](O)[C@]35C)C(=O)O2)C1. The summed E-state index contributed by atoms with van der Waals surface area (Å²) in [5, 5.41) is 12.4. The Kier molecular flexibility index (Phi) is 5.78. The van der Waals surface area contributed by atoms with Gasteiger partial charge in [0.15, 0.2) is 0 Å². The summed E-state index contributed by atoms with van der Waals surface area (Å²) in [7, 11) is 1.70. The number of fused-ring (bicyclic) bond motifs is 5. The van der Waals surface area contributed by atoms with Gasteiger partial charge in [-0.2, -0.15) is 0 Å². The van der Waals surface area contributed by atoms with Crippen LogP contribution in [0.3, 0.4) is 0 Å². The van der Waals surface area contributed by atoms with E-state index in [-0.39, 0.29) is 51.2 Å². The third-order valence-electron chi connectivity index (χ3n) is 15.8. The van der Waals surface area contributed by atoms with Crippen molar-refractivity contribution in [1.82, 2.24) is 0 Å². The summed E-state index contributed by atoms with van der Waals surface area (Å²) in [5.41, 5.74) is 3.19. The first-order chi connectivity index (χ1) is 21.4. The Balaban J connectivity index is 1.02. The molecule has 1 aromatic carbocycles. The summed E-state index contributed by atoms with van der Waals surface area (Å²) in [6.07, 6.45) is 13.2. The van der Waals surface area contributed by atoms with Gasteiger partial charge in [0.2, 0.25) is 5.79 Å². The highest BCUT2D eigenvalue weighted by Gasteiger charge is 2.85. The van der Waals surface area contributed by atoms with E-state index in [0.717, 1.165) is 56.9 Å². The Morgan fingerprint density at radius 2 is 1.78 bits per heavy atom. The lowest BCUT2D eigenvalue weighted by Gasteiger charge is -2.68. The van der Waals surface area contributed by atoms with Gasteiger partial charge in [-0.3, -0.25) is 0 Å². The van der Waals surface area contributed by atoms with Crippen LogP contribution in [-0.2, 0) is 23.7 Å². The van der Waals surface area contributed by atoms with Crippen molar-refractivity contribution in [2.45, 2.75) is 109 Å². The fourth-order valence-electron chi connectivity index (χ4n) is 13.5. The first-order valence-electron chi connectivity index (χ1n) is 17.6. The molecule has 45 heavy (non-hydrogen) atoms. The zero-order chi connectivity index (χ0) is 31.3. The molecule has 6 nitrogen and oxygen atoms in total. The minimum atomic E-state index is -0.997. The van der Waals surface area contributed by atoms with Gasteiger partial charge in [-0.25, -0.2) is 4.79 Å². The quantitative estimate of drug-likeness (QED) is 0.290. The smallest absolute Gasteiger partial charge is 0.336 e. The Labute approximate surface area is 267 Å². The van der Waals surface area contributed by atoms with Crippen molar-refractivity contribution < 1.29 is 28.8 Å². The van der Waals surface area contributed by atoms with E-state index in [9.17, 15) is 9.90 Å². The third-order valence-corrected chi connectivity index (χ3v) is 15.8. The van der Waals surface area contributed by atoms with Crippen molar-refractivity contribution in [2.24, 2.45) is 44.8 Å². The van der Waals surface area contributed by atoms with Crippen LogP contribution in [-0.4, -0.2) is 48.9 Å². The Morgan fingerprint density at radius 3 is 2.53 bits per heavy atom. The number of ether oxygens (including phenoxy) is 4. The van der Waals surface area contributed by atoms with Gasteiger partial charge < -0.3 is 24.1 Å². The summed E-state index contributed by atoms with van der Waals surface area (Å²) in [6, 6.07) is 10.7. The minimum absolute atomic E-state index is 0.0563. The molecule has 4 saturated carbocycles. The summed E-state index contributed by atoms with van der Waals surface area (Å²) in [6.45, 7) is 10.6. The maximum absolute atomic E-state index is 13.5. The number of benzene rings is 1. The Morgan fingerprint density at radius 1 is 0.978 bits per heavy atom. The van der Waals surface area contributed by atoms with Crippen LogP contribution >= 0.6 is 0 Å². The van der Waals surface area contributed by atoms with E-state index in [1.165, 1.54) is 11.1 Å². The van der Waals surface area contributed by atoms with E-state index in [2.05, 4.69) is 57.2 Å². The van der Waals surface area contributed by atoms with Crippen molar-refractivity contribution in [3.8, 4) is 0 Å². The molecule has 242 valence electrons. The standard InChI is InChI=1S/C39H50O6/c1-33(42-5)20-39(44-22-33)19-26(32(41)45-39)27-12-16-38-21-37(27,38)15-13-29-34(2)14-11-25-17-28(24-9-7-6-8-10-24)43-23-35(25,3)30(34)18-31(40)36(29,38)4/h6-11,19,27-31,40H,12-18,20-23H2,1-5H3/t27-,28-,29+,30+,31+,33+,34+,35-,36-,37+,38+,39-/m0/s1. The molecule has 1 N–H and O–H groups in total. The summed E-state index contributed by atoms with van der Waals surface area (Å²) in [4.78, 5) is 13.5. The molecule has 6 fully saturated rings. The highest BCUT2D eigenvalue weighted by atomic mass is 16.7. The number of rotatable bonds is 3. The van der Waals surface area contributed by atoms with Crippen LogP contribution in [0, 0.1) is 44.8 Å². The topological polar surface area (TPSA) is 74.2 Å². The molecule has 3 aliphatic heterocycles. The highest BCUT2D eigenvalue weighted by molar-refractivity contribution is 5.92. The molecule has 9 rings (SSSR count). The van der Waals surface area contributed by atoms with E-state index in [0.29, 0.717) is 31.5 Å².